The number of benzene rings is 1. The lowest BCUT2D eigenvalue weighted by molar-refractivity contribution is -0.131. The van der Waals surface area contributed by atoms with E-state index in [1.807, 2.05) is 13.0 Å². The van der Waals surface area contributed by atoms with Crippen molar-refractivity contribution in [3.8, 4) is 0 Å². The molecule has 0 radical (unpaired) electrons. The van der Waals surface area contributed by atoms with E-state index < -0.39 is 5.97 Å². The van der Waals surface area contributed by atoms with Crippen molar-refractivity contribution >= 4 is 17.7 Å². The number of rotatable bonds is 4. The summed E-state index contributed by atoms with van der Waals surface area (Å²) < 4.78 is 5.45. The molecule has 1 heterocycles. The highest BCUT2D eigenvalue weighted by molar-refractivity contribution is 5.87. The molecular weight excluding hydrogens is 254 g/mol. The Morgan fingerprint density at radius 1 is 1.50 bits per heavy atom. The summed E-state index contributed by atoms with van der Waals surface area (Å²) >= 11 is 0. The predicted octanol–water partition coefficient (Wildman–Crippen LogP) is 2.71. The molecule has 1 aromatic carbocycles. The molecule has 4 nitrogen and oxygen atoms in total. The fourth-order valence-corrected chi connectivity index (χ4v) is 2.61. The first kappa shape index (κ1) is 14.6. The molecule has 0 amide bonds. The molecule has 0 aliphatic carbocycles. The molecule has 20 heavy (non-hydrogen) atoms. The first-order valence-corrected chi connectivity index (χ1v) is 6.89. The van der Waals surface area contributed by atoms with Gasteiger partial charge >= 0.3 is 5.97 Å². The van der Waals surface area contributed by atoms with Crippen LogP contribution in [-0.4, -0.2) is 37.4 Å². The van der Waals surface area contributed by atoms with E-state index in [9.17, 15) is 4.79 Å². The van der Waals surface area contributed by atoms with Gasteiger partial charge in [-0.15, -0.1) is 0 Å². The predicted molar refractivity (Wildman–Crippen MR) is 80.1 cm³/mol. The van der Waals surface area contributed by atoms with Gasteiger partial charge in [-0.05, 0) is 43.5 Å². The zero-order chi connectivity index (χ0) is 14.5. The Morgan fingerprint density at radius 3 is 3.00 bits per heavy atom. The summed E-state index contributed by atoms with van der Waals surface area (Å²) in [4.78, 5) is 13.0. The van der Waals surface area contributed by atoms with Gasteiger partial charge in [-0.2, -0.15) is 0 Å². The van der Waals surface area contributed by atoms with Crippen molar-refractivity contribution in [2.45, 2.75) is 25.9 Å². The van der Waals surface area contributed by atoms with Crippen molar-refractivity contribution in [2.24, 2.45) is 0 Å². The van der Waals surface area contributed by atoms with Gasteiger partial charge in [-0.25, -0.2) is 4.79 Å². The molecule has 0 aromatic heterocycles. The van der Waals surface area contributed by atoms with E-state index in [1.54, 1.807) is 13.2 Å². The van der Waals surface area contributed by atoms with Gasteiger partial charge in [0.2, 0.25) is 0 Å². The lowest BCUT2D eigenvalue weighted by atomic mass is 10.0. The van der Waals surface area contributed by atoms with Crippen molar-refractivity contribution in [1.82, 2.24) is 0 Å². The molecule has 0 saturated carbocycles. The van der Waals surface area contributed by atoms with Crippen LogP contribution in [0.15, 0.2) is 24.3 Å². The molecule has 0 bridgehead atoms. The van der Waals surface area contributed by atoms with Gasteiger partial charge in [0.1, 0.15) is 0 Å². The lowest BCUT2D eigenvalue weighted by Crippen LogP contribution is -2.39. The van der Waals surface area contributed by atoms with Crippen molar-refractivity contribution in [1.29, 1.82) is 0 Å². The third-order valence-electron chi connectivity index (χ3n) is 3.64. The molecule has 4 heteroatoms. The number of carboxylic acid groups (broad SMARTS) is 1. The molecule has 1 fully saturated rings. The molecule has 0 spiro atoms. The van der Waals surface area contributed by atoms with Gasteiger partial charge in [-0.1, -0.05) is 11.6 Å². The highest BCUT2D eigenvalue weighted by Gasteiger charge is 2.20. The SMILES string of the molecule is COC1CCCN(c2ccc(C)cc2/C=C/C(=O)O)C1. The average molecular weight is 275 g/mol. The zero-order valence-electron chi connectivity index (χ0n) is 12.0. The first-order chi connectivity index (χ1) is 9.60. The molecule has 1 aromatic rings. The molecule has 1 atom stereocenters. The summed E-state index contributed by atoms with van der Waals surface area (Å²) in [5, 5.41) is 8.81. The van der Waals surface area contributed by atoms with Crippen molar-refractivity contribution < 1.29 is 14.6 Å². The summed E-state index contributed by atoms with van der Waals surface area (Å²) in [7, 11) is 1.74. The molecular formula is C16H21NO3. The van der Waals surface area contributed by atoms with E-state index in [-0.39, 0.29) is 6.10 Å². The smallest absolute Gasteiger partial charge is 0.328 e. The van der Waals surface area contributed by atoms with Crippen LogP contribution < -0.4 is 4.90 Å². The van der Waals surface area contributed by atoms with Gasteiger partial charge in [0.25, 0.3) is 0 Å². The van der Waals surface area contributed by atoms with Crippen LogP contribution in [0.5, 0.6) is 0 Å². The summed E-state index contributed by atoms with van der Waals surface area (Å²) in [6.45, 7) is 3.85. The topological polar surface area (TPSA) is 49.8 Å². The largest absolute Gasteiger partial charge is 0.478 e. The van der Waals surface area contributed by atoms with Crippen LogP contribution in [0.3, 0.4) is 0 Å². The van der Waals surface area contributed by atoms with Crippen LogP contribution in [0.4, 0.5) is 5.69 Å². The van der Waals surface area contributed by atoms with Crippen LogP contribution in [0.1, 0.15) is 24.0 Å². The number of hydrogen-bond donors (Lipinski definition) is 1. The highest BCUT2D eigenvalue weighted by Crippen LogP contribution is 2.27. The fraction of sp³-hybridized carbons (Fsp3) is 0.438. The maximum Gasteiger partial charge on any atom is 0.328 e. The molecule has 2 rings (SSSR count). The Kier molecular flexibility index (Phi) is 4.79. The van der Waals surface area contributed by atoms with Crippen LogP contribution in [-0.2, 0) is 9.53 Å². The van der Waals surface area contributed by atoms with Crippen molar-refractivity contribution in [3.63, 3.8) is 0 Å². The van der Waals surface area contributed by atoms with Gasteiger partial charge in [0, 0.05) is 32.0 Å². The standard InChI is InChI=1S/C16H21NO3/c1-12-5-7-15(13(10-12)6-8-16(18)19)17-9-3-4-14(11-17)20-2/h5-8,10,14H,3-4,9,11H2,1-2H3,(H,18,19)/b8-6+. The minimum absolute atomic E-state index is 0.251. The Balaban J connectivity index is 2.28. The second-order valence-electron chi connectivity index (χ2n) is 5.18. The van der Waals surface area contributed by atoms with Gasteiger partial charge in [0.15, 0.2) is 0 Å². The van der Waals surface area contributed by atoms with Gasteiger partial charge in [-0.3, -0.25) is 0 Å². The van der Waals surface area contributed by atoms with E-state index in [4.69, 9.17) is 9.84 Å². The minimum atomic E-state index is -0.925. The number of methoxy groups -OCH3 is 1. The van der Waals surface area contributed by atoms with E-state index in [2.05, 4.69) is 17.0 Å². The van der Waals surface area contributed by atoms with Crippen molar-refractivity contribution in [2.75, 3.05) is 25.1 Å². The van der Waals surface area contributed by atoms with E-state index in [1.165, 1.54) is 6.08 Å². The maximum absolute atomic E-state index is 10.7. The fourth-order valence-electron chi connectivity index (χ4n) is 2.61. The first-order valence-electron chi connectivity index (χ1n) is 6.89. The molecule has 108 valence electrons. The number of nitrogens with zero attached hydrogens (tertiary/aromatic N) is 1. The normalized spacial score (nSPS) is 19.5. The second kappa shape index (κ2) is 6.57. The van der Waals surface area contributed by atoms with Gasteiger partial charge in [0.05, 0.1) is 6.10 Å². The Labute approximate surface area is 119 Å². The monoisotopic (exact) mass is 275 g/mol. The van der Waals surface area contributed by atoms with Crippen LogP contribution >= 0.6 is 0 Å². The number of carbonyl (C=O) groups is 1. The quantitative estimate of drug-likeness (QED) is 0.858. The number of hydrogen-bond acceptors (Lipinski definition) is 3. The number of carboxylic acids is 1. The molecule has 1 saturated heterocycles. The third-order valence-corrected chi connectivity index (χ3v) is 3.64. The van der Waals surface area contributed by atoms with E-state index in [0.717, 1.165) is 42.7 Å². The third kappa shape index (κ3) is 3.61. The Hall–Kier alpha value is -1.81. The summed E-state index contributed by atoms with van der Waals surface area (Å²) in [5.41, 5.74) is 3.15. The second-order valence-corrected chi connectivity index (χ2v) is 5.18. The average Bonchev–Trinajstić information content (AvgIpc) is 2.45. The molecule has 1 unspecified atom stereocenters. The summed E-state index contributed by atoms with van der Waals surface area (Å²) in [5.74, 6) is -0.925. The van der Waals surface area contributed by atoms with Crippen LogP contribution in [0, 0.1) is 6.92 Å². The zero-order valence-corrected chi connectivity index (χ0v) is 12.0. The molecule has 1 aliphatic heterocycles. The number of aliphatic carboxylic acids is 1. The summed E-state index contributed by atoms with van der Waals surface area (Å²) in [6.07, 6.45) is 5.28. The lowest BCUT2D eigenvalue weighted by Gasteiger charge is -2.34. The number of anilines is 1. The van der Waals surface area contributed by atoms with Crippen LogP contribution in [0.25, 0.3) is 6.08 Å². The molecule has 1 N–H and O–H groups in total. The maximum atomic E-state index is 10.7. The number of piperidine rings is 1. The Morgan fingerprint density at radius 2 is 2.30 bits per heavy atom. The van der Waals surface area contributed by atoms with Crippen LogP contribution in [0.2, 0.25) is 0 Å². The summed E-state index contributed by atoms with van der Waals surface area (Å²) in [6, 6.07) is 6.14. The molecule has 1 aliphatic rings. The minimum Gasteiger partial charge on any atom is -0.478 e. The van der Waals surface area contributed by atoms with E-state index >= 15 is 0 Å². The number of ether oxygens (including phenoxy) is 1. The number of aryl methyl sites for hydroxylation is 1. The highest BCUT2D eigenvalue weighted by atomic mass is 16.5. The van der Waals surface area contributed by atoms with Crippen molar-refractivity contribution in [3.05, 3.63) is 35.4 Å². The Bertz CT molecular complexity index is 510. The van der Waals surface area contributed by atoms with E-state index in [0.29, 0.717) is 0 Å². The van der Waals surface area contributed by atoms with Gasteiger partial charge < -0.3 is 14.7 Å².